The number of hydrogen-bond donors (Lipinski definition) is 3. The van der Waals surface area contributed by atoms with Crippen molar-refractivity contribution in [3.63, 3.8) is 0 Å². The molecule has 0 saturated carbocycles. The summed E-state index contributed by atoms with van der Waals surface area (Å²) >= 11 is 0. The van der Waals surface area contributed by atoms with Crippen molar-refractivity contribution >= 4 is 51.1 Å². The zero-order valence-corrected chi connectivity index (χ0v) is 17.5. The van der Waals surface area contributed by atoms with E-state index in [1.807, 2.05) is 42.5 Å². The molecule has 1 aromatic heterocycles. The molecule has 0 spiro atoms. The number of rotatable bonds is 6. The molecular weight excluding hydrogens is 388 g/mol. The molecule has 3 aromatic carbocycles. The first-order valence-corrected chi connectivity index (χ1v) is 10.1. The summed E-state index contributed by atoms with van der Waals surface area (Å²) in [6.07, 6.45) is 1.51. The molecule has 4 rings (SSSR count). The lowest BCUT2D eigenvalue weighted by Crippen LogP contribution is -2.20. The number of amides is 1. The van der Waals surface area contributed by atoms with E-state index in [-0.39, 0.29) is 5.91 Å². The summed E-state index contributed by atoms with van der Waals surface area (Å²) in [5.74, 6) is 1.06. The van der Waals surface area contributed by atoms with E-state index in [4.69, 9.17) is 5.73 Å². The van der Waals surface area contributed by atoms with E-state index in [9.17, 15) is 4.79 Å². The second-order valence-electron chi connectivity index (χ2n) is 7.09. The van der Waals surface area contributed by atoms with Crippen LogP contribution in [0.15, 0.2) is 73.1 Å². The zero-order chi connectivity index (χ0) is 21.8. The van der Waals surface area contributed by atoms with Gasteiger partial charge >= 0.3 is 0 Å². The molecule has 0 unspecified atom stereocenters. The Bertz CT molecular complexity index is 1220. The van der Waals surface area contributed by atoms with E-state index in [1.165, 1.54) is 13.3 Å². The molecule has 4 aromatic rings. The molecular formula is C24H24N6O. The number of fused-ring (bicyclic) bond motifs is 1. The van der Waals surface area contributed by atoms with Crippen molar-refractivity contribution in [2.24, 2.45) is 0 Å². The molecule has 0 aliphatic heterocycles. The van der Waals surface area contributed by atoms with Crippen molar-refractivity contribution in [3.05, 3.63) is 73.1 Å². The fraction of sp³-hybridized carbons (Fsp3) is 0.125. The third-order valence-corrected chi connectivity index (χ3v) is 4.96. The first-order chi connectivity index (χ1) is 15.1. The second-order valence-corrected chi connectivity index (χ2v) is 7.09. The molecule has 31 heavy (non-hydrogen) atoms. The third-order valence-electron chi connectivity index (χ3n) is 4.96. The Balaban J connectivity index is 1.67. The Kier molecular flexibility index (Phi) is 5.66. The van der Waals surface area contributed by atoms with Crippen LogP contribution in [0.2, 0.25) is 0 Å². The number of nitrogen functional groups attached to an aromatic ring is 1. The summed E-state index contributed by atoms with van der Waals surface area (Å²) in [7, 11) is 0. The highest BCUT2D eigenvalue weighted by Gasteiger charge is 2.17. The van der Waals surface area contributed by atoms with Gasteiger partial charge in [-0.25, -0.2) is 9.97 Å². The van der Waals surface area contributed by atoms with Crippen LogP contribution in [-0.2, 0) is 4.79 Å². The quantitative estimate of drug-likeness (QED) is 0.409. The Morgan fingerprint density at radius 1 is 0.968 bits per heavy atom. The van der Waals surface area contributed by atoms with E-state index in [0.29, 0.717) is 23.9 Å². The third kappa shape index (κ3) is 4.25. The first-order valence-electron chi connectivity index (χ1n) is 10.1. The van der Waals surface area contributed by atoms with Gasteiger partial charge in [-0.2, -0.15) is 0 Å². The average Bonchev–Trinajstić information content (AvgIpc) is 2.78. The molecule has 0 aliphatic carbocycles. The van der Waals surface area contributed by atoms with Gasteiger partial charge in [-0.15, -0.1) is 0 Å². The fourth-order valence-electron chi connectivity index (χ4n) is 3.56. The summed E-state index contributed by atoms with van der Waals surface area (Å²) in [6, 6.07) is 21.8. The number of benzene rings is 3. The average molecular weight is 412 g/mol. The predicted octanol–water partition coefficient (Wildman–Crippen LogP) is 5.07. The summed E-state index contributed by atoms with van der Waals surface area (Å²) in [4.78, 5) is 22.1. The van der Waals surface area contributed by atoms with Crippen LogP contribution in [0.1, 0.15) is 13.8 Å². The second kappa shape index (κ2) is 8.71. The molecule has 0 atom stereocenters. The number of nitrogens with two attached hydrogens (primary N) is 1. The molecule has 0 fully saturated rings. The smallest absolute Gasteiger partial charge is 0.221 e. The number of carbonyl (C=O) groups excluding carboxylic acids is 1. The molecule has 0 radical (unpaired) electrons. The largest absolute Gasteiger partial charge is 0.393 e. The van der Waals surface area contributed by atoms with Gasteiger partial charge in [-0.3, -0.25) is 4.79 Å². The monoisotopic (exact) mass is 412 g/mol. The van der Waals surface area contributed by atoms with Crippen LogP contribution >= 0.6 is 0 Å². The van der Waals surface area contributed by atoms with Gasteiger partial charge in [0.25, 0.3) is 0 Å². The van der Waals surface area contributed by atoms with Crippen LogP contribution in [0.5, 0.6) is 0 Å². The van der Waals surface area contributed by atoms with E-state index >= 15 is 0 Å². The number of aromatic nitrogens is 2. The zero-order valence-electron chi connectivity index (χ0n) is 17.5. The van der Waals surface area contributed by atoms with Gasteiger partial charge in [0.1, 0.15) is 12.0 Å². The van der Waals surface area contributed by atoms with Crippen molar-refractivity contribution in [1.82, 2.24) is 9.97 Å². The van der Waals surface area contributed by atoms with Crippen LogP contribution in [-0.4, -0.2) is 22.4 Å². The summed E-state index contributed by atoms with van der Waals surface area (Å²) < 4.78 is 0. The topological polar surface area (TPSA) is 96.2 Å². The minimum atomic E-state index is -0.113. The van der Waals surface area contributed by atoms with Crippen molar-refractivity contribution in [2.75, 3.05) is 27.8 Å². The highest BCUT2D eigenvalue weighted by Crippen LogP contribution is 2.36. The molecule has 1 heterocycles. The molecule has 1 amide bonds. The Labute approximate surface area is 180 Å². The van der Waals surface area contributed by atoms with Gasteiger partial charge in [-0.1, -0.05) is 36.4 Å². The van der Waals surface area contributed by atoms with Gasteiger partial charge in [0, 0.05) is 30.2 Å². The predicted molar refractivity (Wildman–Crippen MR) is 127 cm³/mol. The van der Waals surface area contributed by atoms with E-state index in [2.05, 4.69) is 56.7 Å². The van der Waals surface area contributed by atoms with Gasteiger partial charge in [0.2, 0.25) is 5.91 Å². The molecule has 4 N–H and O–H groups in total. The van der Waals surface area contributed by atoms with Crippen molar-refractivity contribution < 1.29 is 4.79 Å². The number of hydrogen-bond acceptors (Lipinski definition) is 6. The van der Waals surface area contributed by atoms with Crippen LogP contribution in [0.3, 0.4) is 0 Å². The molecule has 156 valence electrons. The summed E-state index contributed by atoms with van der Waals surface area (Å²) in [6.45, 7) is 4.24. The summed E-state index contributed by atoms with van der Waals surface area (Å²) in [5, 5.41) is 8.28. The number of nitrogens with zero attached hydrogens (tertiary/aromatic N) is 3. The minimum absolute atomic E-state index is 0.113. The standard InChI is InChI=1S/C24H24N6O/c1-3-30(21-10-6-8-17-7-4-5-9-20(17)21)24-22(25)23(26-15-27-24)29-19-13-11-18(12-14-19)28-16(2)31/h4-15H,3,25H2,1-2H3,(H,28,31)(H,26,27,29). The highest BCUT2D eigenvalue weighted by molar-refractivity contribution is 5.97. The van der Waals surface area contributed by atoms with Gasteiger partial charge in [-0.05, 0) is 42.6 Å². The van der Waals surface area contributed by atoms with Gasteiger partial charge in [0.05, 0.1) is 5.69 Å². The van der Waals surface area contributed by atoms with Crippen LogP contribution < -0.4 is 21.3 Å². The van der Waals surface area contributed by atoms with Crippen molar-refractivity contribution in [2.45, 2.75) is 13.8 Å². The van der Waals surface area contributed by atoms with E-state index in [0.717, 1.165) is 27.8 Å². The summed E-state index contributed by atoms with van der Waals surface area (Å²) in [5.41, 5.74) is 9.53. The lowest BCUT2D eigenvalue weighted by molar-refractivity contribution is -0.114. The van der Waals surface area contributed by atoms with Crippen LogP contribution in [0.25, 0.3) is 10.8 Å². The lowest BCUT2D eigenvalue weighted by Gasteiger charge is -2.25. The number of nitrogens with one attached hydrogen (secondary N) is 2. The minimum Gasteiger partial charge on any atom is -0.393 e. The molecule has 0 aliphatic rings. The van der Waals surface area contributed by atoms with Gasteiger partial charge < -0.3 is 21.3 Å². The highest BCUT2D eigenvalue weighted by atomic mass is 16.1. The van der Waals surface area contributed by atoms with Crippen molar-refractivity contribution in [3.8, 4) is 0 Å². The lowest BCUT2D eigenvalue weighted by atomic mass is 10.1. The maximum Gasteiger partial charge on any atom is 0.221 e. The maximum absolute atomic E-state index is 11.2. The molecule has 7 heteroatoms. The molecule has 0 bridgehead atoms. The van der Waals surface area contributed by atoms with Gasteiger partial charge in [0.15, 0.2) is 11.6 Å². The normalized spacial score (nSPS) is 10.6. The maximum atomic E-state index is 11.2. The fourth-order valence-corrected chi connectivity index (χ4v) is 3.56. The first kappa shape index (κ1) is 20.2. The number of carbonyl (C=O) groups is 1. The SMILES string of the molecule is CCN(c1ncnc(Nc2ccc(NC(C)=O)cc2)c1N)c1cccc2ccccc12. The Morgan fingerprint density at radius 3 is 2.42 bits per heavy atom. The van der Waals surface area contributed by atoms with E-state index < -0.39 is 0 Å². The van der Waals surface area contributed by atoms with Crippen LogP contribution in [0, 0.1) is 0 Å². The molecule has 0 saturated heterocycles. The van der Waals surface area contributed by atoms with E-state index in [1.54, 1.807) is 0 Å². The molecule has 7 nitrogen and oxygen atoms in total. The number of anilines is 6. The van der Waals surface area contributed by atoms with Crippen molar-refractivity contribution in [1.29, 1.82) is 0 Å². The van der Waals surface area contributed by atoms with Crippen LogP contribution in [0.4, 0.5) is 34.4 Å². The Hall–Kier alpha value is -4.13. The Morgan fingerprint density at radius 2 is 1.68 bits per heavy atom.